The molecule has 1 aliphatic heterocycles. The van der Waals surface area contributed by atoms with Gasteiger partial charge in [0.1, 0.15) is 27.4 Å². The molecule has 8 heteroatoms. The second-order valence-electron chi connectivity index (χ2n) is 8.26. The second kappa shape index (κ2) is 7.45. The Bertz CT molecular complexity index is 1530. The van der Waals surface area contributed by atoms with E-state index in [1.165, 1.54) is 0 Å². The third-order valence-electron chi connectivity index (χ3n) is 6.05. The highest BCUT2D eigenvalue weighted by Gasteiger charge is 2.38. The first-order valence-electron chi connectivity index (χ1n) is 10.2. The van der Waals surface area contributed by atoms with Gasteiger partial charge in [-0.15, -0.1) is 0 Å². The quantitative estimate of drug-likeness (QED) is 0.478. The fourth-order valence-corrected chi connectivity index (χ4v) is 5.10. The number of hydrogen-bond donors (Lipinski definition) is 1. The lowest BCUT2D eigenvalue weighted by molar-refractivity contribution is 0.413. The molecule has 1 N–H and O–H groups in total. The summed E-state index contributed by atoms with van der Waals surface area (Å²) in [4.78, 5) is 27.0. The minimum Gasteiger partial charge on any atom is -0.505 e. The molecule has 0 amide bonds. The lowest BCUT2D eigenvalue weighted by Crippen LogP contribution is -2.24. The summed E-state index contributed by atoms with van der Waals surface area (Å²) in [6.45, 7) is 3.97. The minimum atomic E-state index is -0.708. The van der Waals surface area contributed by atoms with Crippen LogP contribution in [0.4, 0.5) is 0 Å². The number of ether oxygens (including phenoxy) is 2. The standard InChI is InChI=1S/C25H21NO6S/c1-25(2)16-11-14(31-4)7-10-17(16)26-19(25)12-18-20(23(26)28)21(27)22(24(29)32-18)33-15-8-5-13(30-3)6-9-15/h5-12,27H,1-4H3. The zero-order chi connectivity index (χ0) is 23.5. The average molecular weight is 464 g/mol. The normalized spacial score (nSPS) is 13.6. The molecule has 4 aromatic rings. The van der Waals surface area contributed by atoms with E-state index in [-0.39, 0.29) is 21.6 Å². The summed E-state index contributed by atoms with van der Waals surface area (Å²) in [6.07, 6.45) is 0. The minimum absolute atomic E-state index is 0.0335. The van der Waals surface area contributed by atoms with E-state index in [9.17, 15) is 14.7 Å². The van der Waals surface area contributed by atoms with Crippen LogP contribution in [0.3, 0.4) is 0 Å². The Hall–Kier alpha value is -3.65. The highest BCUT2D eigenvalue weighted by atomic mass is 32.2. The lowest BCUT2D eigenvalue weighted by atomic mass is 9.83. The zero-order valence-electron chi connectivity index (χ0n) is 18.5. The molecule has 0 radical (unpaired) electrons. The molecule has 0 atom stereocenters. The van der Waals surface area contributed by atoms with Gasteiger partial charge in [0.25, 0.3) is 5.56 Å². The fourth-order valence-electron chi connectivity index (χ4n) is 4.27. The molecule has 2 aromatic carbocycles. The Morgan fingerprint density at radius 3 is 2.30 bits per heavy atom. The summed E-state index contributed by atoms with van der Waals surface area (Å²) in [5.41, 5.74) is 0.642. The van der Waals surface area contributed by atoms with Crippen molar-refractivity contribution in [2.75, 3.05) is 14.2 Å². The smallest absolute Gasteiger partial charge is 0.354 e. The molecule has 0 bridgehead atoms. The molecule has 1 aliphatic rings. The first-order valence-corrected chi connectivity index (χ1v) is 11.0. The summed E-state index contributed by atoms with van der Waals surface area (Å²) in [6, 6.07) is 14.2. The van der Waals surface area contributed by atoms with Gasteiger partial charge >= 0.3 is 5.63 Å². The Balaban J connectivity index is 1.73. The molecule has 7 nitrogen and oxygen atoms in total. The van der Waals surface area contributed by atoms with Gasteiger partial charge in [0.05, 0.1) is 19.9 Å². The fraction of sp³-hybridized carbons (Fsp3) is 0.200. The first-order chi connectivity index (χ1) is 15.8. The third kappa shape index (κ3) is 3.13. The highest BCUT2D eigenvalue weighted by molar-refractivity contribution is 7.99. The average Bonchev–Trinajstić information content (AvgIpc) is 3.03. The van der Waals surface area contributed by atoms with Gasteiger partial charge in [0.2, 0.25) is 0 Å². The monoisotopic (exact) mass is 463 g/mol. The van der Waals surface area contributed by atoms with Gasteiger partial charge in [-0.3, -0.25) is 9.36 Å². The van der Waals surface area contributed by atoms with Gasteiger partial charge in [-0.2, -0.15) is 0 Å². The summed E-state index contributed by atoms with van der Waals surface area (Å²) in [5.74, 6) is 0.961. The van der Waals surface area contributed by atoms with Gasteiger partial charge in [0, 0.05) is 22.1 Å². The van der Waals surface area contributed by atoms with E-state index in [0.717, 1.165) is 17.3 Å². The number of aromatic nitrogens is 1. The Morgan fingerprint density at radius 1 is 0.970 bits per heavy atom. The molecule has 168 valence electrons. The Morgan fingerprint density at radius 2 is 1.64 bits per heavy atom. The predicted molar refractivity (Wildman–Crippen MR) is 126 cm³/mol. The van der Waals surface area contributed by atoms with Crippen molar-refractivity contribution in [2.24, 2.45) is 0 Å². The van der Waals surface area contributed by atoms with E-state index in [1.807, 2.05) is 26.0 Å². The van der Waals surface area contributed by atoms with Gasteiger partial charge in [-0.05, 0) is 48.0 Å². The van der Waals surface area contributed by atoms with Gasteiger partial charge in [-0.25, -0.2) is 4.79 Å². The van der Waals surface area contributed by atoms with E-state index in [0.29, 0.717) is 27.8 Å². The zero-order valence-corrected chi connectivity index (χ0v) is 19.3. The van der Waals surface area contributed by atoms with E-state index >= 15 is 0 Å². The summed E-state index contributed by atoms with van der Waals surface area (Å²) in [5, 5.41) is 11.0. The van der Waals surface area contributed by atoms with Crippen molar-refractivity contribution in [2.45, 2.75) is 29.1 Å². The second-order valence-corrected chi connectivity index (χ2v) is 9.35. The van der Waals surface area contributed by atoms with Crippen molar-refractivity contribution in [1.29, 1.82) is 0 Å². The summed E-state index contributed by atoms with van der Waals surface area (Å²) < 4.78 is 17.6. The number of rotatable bonds is 4. The van der Waals surface area contributed by atoms with Crippen LogP contribution < -0.4 is 20.7 Å². The molecule has 0 saturated heterocycles. The van der Waals surface area contributed by atoms with Gasteiger partial charge in [-0.1, -0.05) is 25.6 Å². The maximum absolute atomic E-state index is 13.6. The maximum Gasteiger partial charge on any atom is 0.354 e. The lowest BCUT2D eigenvalue weighted by Gasteiger charge is -2.20. The molecule has 0 saturated carbocycles. The van der Waals surface area contributed by atoms with Crippen LogP contribution >= 0.6 is 11.8 Å². The van der Waals surface area contributed by atoms with Crippen molar-refractivity contribution in [3.8, 4) is 22.9 Å². The molecule has 0 aliphatic carbocycles. The number of hydrogen-bond acceptors (Lipinski definition) is 7. The topological polar surface area (TPSA) is 90.9 Å². The number of nitrogens with zero attached hydrogens (tertiary/aromatic N) is 1. The van der Waals surface area contributed by atoms with E-state index < -0.39 is 16.6 Å². The molecule has 5 rings (SSSR count). The van der Waals surface area contributed by atoms with E-state index in [2.05, 4.69) is 0 Å². The Labute approximate surface area is 193 Å². The van der Waals surface area contributed by atoms with E-state index in [1.54, 1.807) is 55.2 Å². The van der Waals surface area contributed by atoms with Gasteiger partial charge < -0.3 is 19.0 Å². The van der Waals surface area contributed by atoms with Crippen molar-refractivity contribution >= 4 is 22.7 Å². The SMILES string of the molecule is COc1ccc(Sc2c(O)c3c(=O)n4c(cc3oc2=O)C(C)(C)c2cc(OC)ccc2-4)cc1. The van der Waals surface area contributed by atoms with E-state index in [4.69, 9.17) is 13.9 Å². The summed E-state index contributed by atoms with van der Waals surface area (Å²) in [7, 11) is 3.15. The van der Waals surface area contributed by atoms with Crippen molar-refractivity contribution in [1.82, 2.24) is 4.57 Å². The third-order valence-corrected chi connectivity index (χ3v) is 7.12. The van der Waals surface area contributed by atoms with Crippen LogP contribution in [-0.2, 0) is 5.41 Å². The van der Waals surface area contributed by atoms with Crippen LogP contribution in [0, 0.1) is 0 Å². The molecular weight excluding hydrogens is 442 g/mol. The summed E-state index contributed by atoms with van der Waals surface area (Å²) >= 11 is 1.03. The van der Waals surface area contributed by atoms with Crippen LogP contribution in [0.1, 0.15) is 25.1 Å². The Kier molecular flexibility index (Phi) is 4.79. The van der Waals surface area contributed by atoms with Crippen LogP contribution in [0.2, 0.25) is 0 Å². The number of pyridine rings is 1. The van der Waals surface area contributed by atoms with Crippen molar-refractivity contribution in [3.63, 3.8) is 0 Å². The largest absolute Gasteiger partial charge is 0.505 e. The molecule has 3 heterocycles. The number of methoxy groups -OCH3 is 2. The van der Waals surface area contributed by atoms with Crippen LogP contribution in [0.5, 0.6) is 17.2 Å². The molecule has 0 unspecified atom stereocenters. The molecular formula is C25H21NO6S. The first kappa shape index (κ1) is 21.2. The van der Waals surface area contributed by atoms with Crippen LogP contribution in [0.15, 0.2) is 72.3 Å². The molecule has 2 aromatic heterocycles. The van der Waals surface area contributed by atoms with Crippen LogP contribution in [-0.4, -0.2) is 23.9 Å². The molecule has 0 spiro atoms. The van der Waals surface area contributed by atoms with Crippen LogP contribution in [0.25, 0.3) is 16.7 Å². The van der Waals surface area contributed by atoms with Crippen molar-refractivity contribution < 1.29 is 19.0 Å². The highest BCUT2D eigenvalue weighted by Crippen LogP contribution is 2.45. The number of fused-ring (bicyclic) bond motifs is 4. The predicted octanol–water partition coefficient (Wildman–Crippen LogP) is 4.46. The van der Waals surface area contributed by atoms with Crippen molar-refractivity contribution in [3.05, 3.63) is 80.6 Å². The maximum atomic E-state index is 13.6. The molecule has 0 fully saturated rings. The van der Waals surface area contributed by atoms with Gasteiger partial charge in [0.15, 0.2) is 5.75 Å². The molecule has 33 heavy (non-hydrogen) atoms. The number of benzene rings is 2. The number of aromatic hydroxyl groups is 1.